The molecular formula is C20H27FN6O3. The maximum atomic E-state index is 13.2. The summed E-state index contributed by atoms with van der Waals surface area (Å²) in [5.74, 6) is -1.28. The molecule has 2 aliphatic heterocycles. The lowest BCUT2D eigenvalue weighted by molar-refractivity contribution is -0.126. The summed E-state index contributed by atoms with van der Waals surface area (Å²) in [4.78, 5) is 40.3. The van der Waals surface area contributed by atoms with E-state index in [0.29, 0.717) is 45.0 Å². The molecule has 2 heterocycles. The molecule has 3 rings (SSSR count). The minimum absolute atomic E-state index is 0.0176. The molecule has 1 aromatic rings. The summed E-state index contributed by atoms with van der Waals surface area (Å²) < 4.78 is 13.2. The zero-order chi connectivity index (χ0) is 21.7. The van der Waals surface area contributed by atoms with Gasteiger partial charge in [0.25, 0.3) is 5.91 Å². The lowest BCUT2D eigenvalue weighted by atomic mass is 10.1. The van der Waals surface area contributed by atoms with Gasteiger partial charge in [-0.15, -0.1) is 0 Å². The molecule has 30 heavy (non-hydrogen) atoms. The van der Waals surface area contributed by atoms with E-state index in [9.17, 15) is 18.8 Å². The van der Waals surface area contributed by atoms with E-state index < -0.39 is 17.8 Å². The molecule has 1 saturated heterocycles. The normalized spacial score (nSPS) is 19.5. The number of halogens is 1. The van der Waals surface area contributed by atoms with Crippen LogP contribution in [0.2, 0.25) is 0 Å². The van der Waals surface area contributed by atoms with E-state index in [0.717, 1.165) is 6.42 Å². The van der Waals surface area contributed by atoms with Gasteiger partial charge in [0.2, 0.25) is 11.8 Å². The van der Waals surface area contributed by atoms with Crippen LogP contribution in [0.4, 0.5) is 10.1 Å². The fourth-order valence-electron chi connectivity index (χ4n) is 3.51. The van der Waals surface area contributed by atoms with Gasteiger partial charge in [0.15, 0.2) is 0 Å². The second-order valence-corrected chi connectivity index (χ2v) is 7.41. The van der Waals surface area contributed by atoms with Gasteiger partial charge in [0, 0.05) is 39.1 Å². The van der Waals surface area contributed by atoms with E-state index in [-0.39, 0.29) is 23.9 Å². The molecule has 1 fully saturated rings. The van der Waals surface area contributed by atoms with Crippen LogP contribution < -0.4 is 16.1 Å². The lowest BCUT2D eigenvalue weighted by Crippen LogP contribution is -2.52. The number of carbonyl (C=O) groups is 3. The van der Waals surface area contributed by atoms with Crippen molar-refractivity contribution in [3.05, 3.63) is 30.1 Å². The van der Waals surface area contributed by atoms with Gasteiger partial charge in [-0.25, -0.2) is 4.39 Å². The Bertz CT molecular complexity index is 820. The zero-order valence-corrected chi connectivity index (χ0v) is 17.0. The number of nitrogens with two attached hydrogens (primary N) is 1. The third-order valence-electron chi connectivity index (χ3n) is 5.18. The molecule has 0 saturated carbocycles. The van der Waals surface area contributed by atoms with Gasteiger partial charge < -0.3 is 16.0 Å². The average molecular weight is 418 g/mol. The predicted molar refractivity (Wildman–Crippen MR) is 110 cm³/mol. The molecule has 9 nitrogen and oxygen atoms in total. The van der Waals surface area contributed by atoms with Crippen molar-refractivity contribution in [3.63, 3.8) is 0 Å². The van der Waals surface area contributed by atoms with Gasteiger partial charge in [-0.1, -0.05) is 6.92 Å². The molecule has 0 radical (unpaired) electrons. The van der Waals surface area contributed by atoms with Crippen molar-refractivity contribution in [1.29, 1.82) is 0 Å². The molecule has 0 aliphatic carbocycles. The fraction of sp³-hybridized carbons (Fsp3) is 0.500. The Hall–Kier alpha value is -3.01. The number of hydrogen-bond acceptors (Lipinski definition) is 6. The summed E-state index contributed by atoms with van der Waals surface area (Å²) in [6.07, 6.45) is 0.989. The van der Waals surface area contributed by atoms with Crippen molar-refractivity contribution >= 4 is 29.1 Å². The predicted octanol–water partition coefficient (Wildman–Crippen LogP) is -0.0839. The van der Waals surface area contributed by atoms with Crippen LogP contribution in [0.5, 0.6) is 0 Å². The van der Waals surface area contributed by atoms with Crippen LogP contribution in [0.25, 0.3) is 0 Å². The summed E-state index contributed by atoms with van der Waals surface area (Å²) in [7, 11) is 0. The molecule has 3 N–H and O–H groups in total. The Balaban J connectivity index is 1.61. The highest BCUT2D eigenvalue weighted by Gasteiger charge is 2.37. The van der Waals surface area contributed by atoms with Crippen molar-refractivity contribution in [1.82, 2.24) is 15.1 Å². The first-order valence-electron chi connectivity index (χ1n) is 10.1. The minimum Gasteiger partial charge on any atom is -0.368 e. The minimum atomic E-state index is -0.794. The number of hydrazone groups is 1. The van der Waals surface area contributed by atoms with Crippen molar-refractivity contribution in [2.24, 2.45) is 10.8 Å². The monoisotopic (exact) mass is 418 g/mol. The molecule has 2 aliphatic rings. The largest absolute Gasteiger partial charge is 0.368 e. The molecule has 0 spiro atoms. The fourth-order valence-corrected chi connectivity index (χ4v) is 3.51. The summed E-state index contributed by atoms with van der Waals surface area (Å²) in [6.45, 7) is 5.07. The maximum absolute atomic E-state index is 13.2. The maximum Gasteiger partial charge on any atom is 0.270 e. The Morgan fingerprint density at radius 1 is 1.17 bits per heavy atom. The van der Waals surface area contributed by atoms with E-state index in [1.807, 2.05) is 11.8 Å². The average Bonchev–Trinajstić information content (AvgIpc) is 3.18. The standard InChI is InChI=1S/C20H27FN6O3/c1-2-7-23-18(28)13-25-8-10-26(11-9-25)20(30)16-12-17(19(22)29)27(24-16)15-5-3-14(21)4-6-15/h3-6,17H,2,7-13H2,1H3,(H2,22,29)(H,23,28). The summed E-state index contributed by atoms with van der Waals surface area (Å²) in [5, 5.41) is 8.55. The molecular weight excluding hydrogens is 391 g/mol. The van der Waals surface area contributed by atoms with Crippen LogP contribution in [0.3, 0.4) is 0 Å². The lowest BCUT2D eigenvalue weighted by Gasteiger charge is -2.34. The van der Waals surface area contributed by atoms with Gasteiger partial charge in [0.1, 0.15) is 17.6 Å². The summed E-state index contributed by atoms with van der Waals surface area (Å²) >= 11 is 0. The highest BCUT2D eigenvalue weighted by Crippen LogP contribution is 2.25. The number of primary amides is 1. The molecule has 162 valence electrons. The second-order valence-electron chi connectivity index (χ2n) is 7.41. The van der Waals surface area contributed by atoms with Crippen LogP contribution in [0.1, 0.15) is 19.8 Å². The van der Waals surface area contributed by atoms with E-state index in [1.54, 1.807) is 4.90 Å². The van der Waals surface area contributed by atoms with E-state index in [2.05, 4.69) is 10.4 Å². The van der Waals surface area contributed by atoms with E-state index >= 15 is 0 Å². The Kier molecular flexibility index (Phi) is 6.99. The smallest absolute Gasteiger partial charge is 0.270 e. The van der Waals surface area contributed by atoms with E-state index in [4.69, 9.17) is 5.73 Å². The molecule has 0 aromatic heterocycles. The van der Waals surface area contributed by atoms with Crippen molar-refractivity contribution in [2.45, 2.75) is 25.8 Å². The topological polar surface area (TPSA) is 111 Å². The Labute approximate surface area is 174 Å². The quantitative estimate of drug-likeness (QED) is 0.643. The number of piperazine rings is 1. The molecule has 10 heteroatoms. The highest BCUT2D eigenvalue weighted by atomic mass is 19.1. The van der Waals surface area contributed by atoms with Crippen molar-refractivity contribution in [3.8, 4) is 0 Å². The Morgan fingerprint density at radius 2 is 1.83 bits per heavy atom. The number of benzene rings is 1. The van der Waals surface area contributed by atoms with Gasteiger partial charge >= 0.3 is 0 Å². The number of nitrogens with one attached hydrogen (secondary N) is 1. The highest BCUT2D eigenvalue weighted by molar-refractivity contribution is 6.40. The molecule has 3 amide bonds. The number of hydrogen-bond donors (Lipinski definition) is 2. The van der Waals surface area contributed by atoms with Crippen molar-refractivity contribution < 1.29 is 18.8 Å². The van der Waals surface area contributed by atoms with Gasteiger partial charge in [0.05, 0.1) is 12.2 Å². The zero-order valence-electron chi connectivity index (χ0n) is 17.0. The van der Waals surface area contributed by atoms with Crippen molar-refractivity contribution in [2.75, 3.05) is 44.3 Å². The molecule has 0 bridgehead atoms. The summed E-state index contributed by atoms with van der Waals surface area (Å²) in [5.41, 5.74) is 6.24. The molecule has 1 atom stereocenters. The van der Waals surface area contributed by atoms with Crippen LogP contribution >= 0.6 is 0 Å². The van der Waals surface area contributed by atoms with Gasteiger partial charge in [-0.05, 0) is 30.7 Å². The molecule has 1 unspecified atom stereocenters. The number of nitrogens with zero attached hydrogens (tertiary/aromatic N) is 4. The first-order chi connectivity index (χ1) is 14.4. The molecule has 1 aromatic carbocycles. The first kappa shape index (κ1) is 21.7. The Morgan fingerprint density at radius 3 is 2.43 bits per heavy atom. The van der Waals surface area contributed by atoms with Crippen LogP contribution in [0, 0.1) is 5.82 Å². The van der Waals surface area contributed by atoms with Crippen LogP contribution in [-0.2, 0) is 14.4 Å². The van der Waals surface area contributed by atoms with E-state index in [1.165, 1.54) is 29.3 Å². The van der Waals surface area contributed by atoms with Crippen LogP contribution in [-0.4, -0.2) is 78.5 Å². The number of amides is 3. The number of carbonyl (C=O) groups excluding carboxylic acids is 3. The number of anilines is 1. The van der Waals surface area contributed by atoms with Gasteiger partial charge in [-0.2, -0.15) is 5.10 Å². The van der Waals surface area contributed by atoms with Crippen LogP contribution in [0.15, 0.2) is 29.4 Å². The third-order valence-corrected chi connectivity index (χ3v) is 5.18. The summed E-state index contributed by atoms with van der Waals surface area (Å²) in [6, 6.07) is 4.71. The van der Waals surface area contributed by atoms with Gasteiger partial charge in [-0.3, -0.25) is 24.3 Å². The third kappa shape index (κ3) is 5.12. The number of rotatable bonds is 7. The SMILES string of the molecule is CCCNC(=O)CN1CCN(C(=O)C2=NN(c3ccc(F)cc3)C(C(N)=O)C2)CC1. The first-order valence-corrected chi connectivity index (χ1v) is 10.1. The second kappa shape index (κ2) is 9.66.